The van der Waals surface area contributed by atoms with Crippen LogP contribution in [-0.4, -0.2) is 40.6 Å². The second kappa shape index (κ2) is 8.28. The average Bonchev–Trinajstić information content (AvgIpc) is 3.28. The van der Waals surface area contributed by atoms with Crippen LogP contribution in [-0.2, 0) is 16.6 Å². The third kappa shape index (κ3) is 5.21. The number of hydrogen-bond donors (Lipinski definition) is 3. The van der Waals surface area contributed by atoms with Crippen LogP contribution in [0.4, 0.5) is 5.69 Å². The van der Waals surface area contributed by atoms with Crippen LogP contribution in [0, 0.1) is 6.92 Å². The molecule has 146 valence electrons. The van der Waals surface area contributed by atoms with E-state index in [0.29, 0.717) is 18.5 Å². The number of nitrogens with zero attached hydrogens (tertiary/aromatic N) is 2. The second-order valence-electron chi connectivity index (χ2n) is 6.60. The fourth-order valence-electron chi connectivity index (χ4n) is 3.03. The van der Waals surface area contributed by atoms with Crippen LogP contribution in [0.3, 0.4) is 0 Å². The molecule has 1 aromatic heterocycles. The predicted octanol–water partition coefficient (Wildman–Crippen LogP) is 1.65. The summed E-state index contributed by atoms with van der Waals surface area (Å²) >= 11 is 1.17. The number of aryl methyl sites for hydroxylation is 1. The molecule has 3 rings (SSSR count). The Balaban J connectivity index is 1.52. The monoisotopic (exact) mass is 407 g/mol. The van der Waals surface area contributed by atoms with Crippen LogP contribution in [0.2, 0.25) is 0 Å². The Morgan fingerprint density at radius 1 is 1.30 bits per heavy atom. The molecule has 9 heteroatoms. The maximum Gasteiger partial charge on any atom is 0.247 e. The minimum Gasteiger partial charge on any atom is -0.369 e. The largest absolute Gasteiger partial charge is 0.369 e. The van der Waals surface area contributed by atoms with Gasteiger partial charge in [-0.2, -0.15) is 0 Å². The van der Waals surface area contributed by atoms with Crippen molar-refractivity contribution >= 4 is 33.0 Å². The highest BCUT2D eigenvalue weighted by molar-refractivity contribution is 7.91. The molecule has 1 aliphatic heterocycles. The Kier molecular flexibility index (Phi) is 6.03. The summed E-state index contributed by atoms with van der Waals surface area (Å²) < 4.78 is 22.9. The number of sulfonamides is 1. The molecule has 1 atom stereocenters. The quantitative estimate of drug-likeness (QED) is 0.517. The molecule has 4 N–H and O–H groups in total. The molecule has 1 aliphatic rings. The van der Waals surface area contributed by atoms with E-state index in [2.05, 4.69) is 51.7 Å². The molecular weight excluding hydrogens is 382 g/mol. The lowest BCUT2D eigenvalue weighted by atomic mass is 10.2. The Bertz CT molecular complexity index is 906. The third-order valence-corrected chi connectivity index (χ3v) is 7.02. The minimum absolute atomic E-state index is 0.173. The zero-order chi connectivity index (χ0) is 19.4. The number of thiophene rings is 1. The van der Waals surface area contributed by atoms with Gasteiger partial charge in [0.2, 0.25) is 10.0 Å². The molecule has 0 amide bonds. The number of nitrogens with one attached hydrogen (secondary N) is 2. The first-order chi connectivity index (χ1) is 12.8. The predicted molar refractivity (Wildman–Crippen MR) is 111 cm³/mol. The first-order valence-corrected chi connectivity index (χ1v) is 11.1. The number of anilines is 1. The van der Waals surface area contributed by atoms with Crippen molar-refractivity contribution in [3.8, 4) is 0 Å². The summed E-state index contributed by atoms with van der Waals surface area (Å²) in [6.45, 7) is 4.50. The van der Waals surface area contributed by atoms with E-state index in [1.807, 2.05) is 0 Å². The summed E-state index contributed by atoms with van der Waals surface area (Å²) in [5, 5.41) is 11.8. The van der Waals surface area contributed by atoms with Crippen molar-refractivity contribution in [2.75, 3.05) is 25.0 Å². The van der Waals surface area contributed by atoms with Gasteiger partial charge in [-0.05, 0) is 37.6 Å². The van der Waals surface area contributed by atoms with Crippen molar-refractivity contribution in [2.45, 2.75) is 30.1 Å². The number of nitrogens with two attached hydrogens (primary N) is 1. The highest BCUT2D eigenvalue weighted by atomic mass is 32.2. The van der Waals surface area contributed by atoms with Gasteiger partial charge in [-0.15, -0.1) is 11.3 Å². The standard InChI is InChI=1S/C18H25N5O2S2/c1-13-3-5-15(6-4-13)23-10-9-14(12-23)22-18(20-2)21-11-16-7-8-17(26-16)27(19,24)25/h3-8,14H,9-12H2,1-2H3,(H2,19,24,25)(H2,20,21,22). The van der Waals surface area contributed by atoms with Gasteiger partial charge in [0.1, 0.15) is 4.21 Å². The van der Waals surface area contributed by atoms with Crippen LogP contribution in [0.1, 0.15) is 16.9 Å². The van der Waals surface area contributed by atoms with Gasteiger partial charge in [-0.3, -0.25) is 4.99 Å². The topological polar surface area (TPSA) is 99.8 Å². The molecule has 0 saturated carbocycles. The van der Waals surface area contributed by atoms with E-state index in [1.165, 1.54) is 28.7 Å². The zero-order valence-corrected chi connectivity index (χ0v) is 17.1. The lowest BCUT2D eigenvalue weighted by Crippen LogP contribution is -2.44. The summed E-state index contributed by atoms with van der Waals surface area (Å²) in [5.41, 5.74) is 2.50. The highest BCUT2D eigenvalue weighted by Crippen LogP contribution is 2.21. The molecule has 1 fully saturated rings. The SMILES string of the molecule is CN=C(NCc1ccc(S(N)(=O)=O)s1)NC1CCN(c2ccc(C)cc2)C1. The Morgan fingerprint density at radius 2 is 2.04 bits per heavy atom. The van der Waals surface area contributed by atoms with Gasteiger partial charge in [0, 0.05) is 36.7 Å². The molecular formula is C18H25N5O2S2. The van der Waals surface area contributed by atoms with Crippen molar-refractivity contribution in [3.63, 3.8) is 0 Å². The zero-order valence-electron chi connectivity index (χ0n) is 15.5. The van der Waals surface area contributed by atoms with E-state index in [-0.39, 0.29) is 4.21 Å². The van der Waals surface area contributed by atoms with E-state index in [9.17, 15) is 8.42 Å². The Labute approximate surface area is 164 Å². The fourth-order valence-corrected chi connectivity index (χ4v) is 4.75. The van der Waals surface area contributed by atoms with Crippen LogP contribution < -0.4 is 20.7 Å². The number of primary sulfonamides is 1. The van der Waals surface area contributed by atoms with Gasteiger partial charge in [0.05, 0.1) is 6.54 Å². The van der Waals surface area contributed by atoms with Crippen molar-refractivity contribution in [3.05, 3.63) is 46.8 Å². The van der Waals surface area contributed by atoms with Crippen LogP contribution in [0.5, 0.6) is 0 Å². The molecule has 0 bridgehead atoms. The van der Waals surface area contributed by atoms with E-state index >= 15 is 0 Å². The van der Waals surface area contributed by atoms with Crippen molar-refractivity contribution < 1.29 is 8.42 Å². The van der Waals surface area contributed by atoms with Crippen LogP contribution in [0.25, 0.3) is 0 Å². The molecule has 1 unspecified atom stereocenters. The maximum absolute atomic E-state index is 11.4. The molecule has 0 radical (unpaired) electrons. The van der Waals surface area contributed by atoms with Gasteiger partial charge >= 0.3 is 0 Å². The minimum atomic E-state index is -3.64. The maximum atomic E-state index is 11.4. The van der Waals surface area contributed by atoms with E-state index in [4.69, 9.17) is 5.14 Å². The molecule has 0 spiro atoms. The van der Waals surface area contributed by atoms with Crippen molar-refractivity contribution in [1.29, 1.82) is 0 Å². The lowest BCUT2D eigenvalue weighted by Gasteiger charge is -2.20. The molecule has 1 saturated heterocycles. The van der Waals surface area contributed by atoms with Crippen LogP contribution in [0.15, 0.2) is 45.6 Å². The van der Waals surface area contributed by atoms with E-state index in [0.717, 1.165) is 24.4 Å². The molecule has 0 aliphatic carbocycles. The fraction of sp³-hybridized carbons (Fsp3) is 0.389. The number of benzene rings is 1. The van der Waals surface area contributed by atoms with Gasteiger partial charge in [-0.1, -0.05) is 17.7 Å². The molecule has 2 aromatic rings. The van der Waals surface area contributed by atoms with Crippen molar-refractivity contribution in [1.82, 2.24) is 10.6 Å². The number of aliphatic imine (C=N–C) groups is 1. The first-order valence-electron chi connectivity index (χ1n) is 8.75. The number of guanidine groups is 1. The summed E-state index contributed by atoms with van der Waals surface area (Å²) in [6, 6.07) is 12.2. The summed E-state index contributed by atoms with van der Waals surface area (Å²) in [7, 11) is -1.91. The van der Waals surface area contributed by atoms with E-state index in [1.54, 1.807) is 13.1 Å². The summed E-state index contributed by atoms with van der Waals surface area (Å²) in [4.78, 5) is 7.52. The normalized spacial score (nSPS) is 18.0. The first kappa shape index (κ1) is 19.7. The summed E-state index contributed by atoms with van der Waals surface area (Å²) in [5.74, 6) is 0.705. The lowest BCUT2D eigenvalue weighted by molar-refractivity contribution is 0.600. The summed E-state index contributed by atoms with van der Waals surface area (Å²) in [6.07, 6.45) is 1.03. The van der Waals surface area contributed by atoms with Gasteiger partial charge in [0.15, 0.2) is 5.96 Å². The molecule has 2 heterocycles. The molecule has 7 nitrogen and oxygen atoms in total. The number of hydrogen-bond acceptors (Lipinski definition) is 5. The Hall–Kier alpha value is -2.10. The van der Waals surface area contributed by atoms with Gasteiger partial charge in [-0.25, -0.2) is 13.6 Å². The van der Waals surface area contributed by atoms with Gasteiger partial charge in [0.25, 0.3) is 0 Å². The third-order valence-electron chi connectivity index (χ3n) is 4.50. The second-order valence-corrected chi connectivity index (χ2v) is 9.56. The highest BCUT2D eigenvalue weighted by Gasteiger charge is 2.23. The van der Waals surface area contributed by atoms with Gasteiger partial charge < -0.3 is 15.5 Å². The molecule has 27 heavy (non-hydrogen) atoms. The molecule has 1 aromatic carbocycles. The van der Waals surface area contributed by atoms with Crippen molar-refractivity contribution in [2.24, 2.45) is 10.1 Å². The number of rotatable bonds is 5. The van der Waals surface area contributed by atoms with Crippen LogP contribution >= 0.6 is 11.3 Å². The van der Waals surface area contributed by atoms with E-state index < -0.39 is 10.0 Å². The Morgan fingerprint density at radius 3 is 2.67 bits per heavy atom. The average molecular weight is 408 g/mol. The smallest absolute Gasteiger partial charge is 0.247 e.